The van der Waals surface area contributed by atoms with E-state index in [1.807, 2.05) is 0 Å². The van der Waals surface area contributed by atoms with E-state index in [2.05, 4.69) is 0 Å². The molecule has 0 aromatic carbocycles. The number of carboxylic acid groups (broad SMARTS) is 2. The first-order valence-electron chi connectivity index (χ1n) is 5.31. The molecule has 7 nitrogen and oxygen atoms in total. The molecule has 18 heavy (non-hydrogen) atoms. The number of hydrogen-bond donors (Lipinski definition) is 5. The van der Waals surface area contributed by atoms with Gasteiger partial charge < -0.3 is 26.8 Å². The molecule has 0 aliphatic heterocycles. The summed E-state index contributed by atoms with van der Waals surface area (Å²) in [5.41, 5.74) is 9.21. The molecule has 100 valence electrons. The minimum atomic E-state index is -1.50. The number of aliphatic hydroxyl groups excluding tert-OH is 1. The predicted molar refractivity (Wildman–Crippen MR) is 62.1 cm³/mol. The number of carbonyl (C=O) groups is 2. The molecule has 2 unspecified atom stereocenters. The van der Waals surface area contributed by atoms with Gasteiger partial charge in [0.15, 0.2) is 0 Å². The molecular weight excluding hydrogens is 240 g/mol. The second-order valence-corrected chi connectivity index (χ2v) is 4.38. The minimum absolute atomic E-state index is 0.0189. The molecule has 0 heterocycles. The Morgan fingerprint density at radius 1 is 1.39 bits per heavy atom. The second-order valence-electron chi connectivity index (χ2n) is 4.38. The zero-order chi connectivity index (χ0) is 14.1. The summed E-state index contributed by atoms with van der Waals surface area (Å²) < 4.78 is 0. The molecule has 0 saturated heterocycles. The number of nitrogens with two attached hydrogens (primary N) is 2. The maximum atomic E-state index is 11.3. The average molecular weight is 256 g/mol. The normalized spacial score (nSPS) is 27.9. The van der Waals surface area contributed by atoms with Gasteiger partial charge in [0, 0.05) is 12.5 Å². The van der Waals surface area contributed by atoms with Gasteiger partial charge in [-0.3, -0.25) is 4.79 Å². The van der Waals surface area contributed by atoms with Gasteiger partial charge in [0.1, 0.15) is 0 Å². The van der Waals surface area contributed by atoms with Gasteiger partial charge in [-0.15, -0.1) is 0 Å². The van der Waals surface area contributed by atoms with E-state index in [1.54, 1.807) is 0 Å². The standard InChI is InChI=1S/C11H16N2O5/c1-11(10(17)18)4-6(12)8(13)7(9(15)16)5(11)2-3-14/h4-5,14H,2-3,12-13H2,1H3,(H,15,16)(H,17,18). The van der Waals surface area contributed by atoms with Crippen LogP contribution in [-0.2, 0) is 9.59 Å². The maximum Gasteiger partial charge on any atom is 0.334 e. The summed E-state index contributed by atoms with van der Waals surface area (Å²) >= 11 is 0. The molecule has 7 heteroatoms. The molecule has 0 aromatic heterocycles. The molecule has 0 spiro atoms. The van der Waals surface area contributed by atoms with Gasteiger partial charge in [0.2, 0.25) is 0 Å². The highest BCUT2D eigenvalue weighted by Crippen LogP contribution is 2.42. The van der Waals surface area contributed by atoms with E-state index in [0.29, 0.717) is 0 Å². The summed E-state index contributed by atoms with van der Waals surface area (Å²) in [6.07, 6.45) is 1.21. The zero-order valence-electron chi connectivity index (χ0n) is 9.88. The Labute approximate surface area is 103 Å². The quantitative estimate of drug-likeness (QED) is 0.443. The second kappa shape index (κ2) is 4.69. The van der Waals surface area contributed by atoms with Crippen LogP contribution in [0.3, 0.4) is 0 Å². The van der Waals surface area contributed by atoms with Gasteiger partial charge in [0.25, 0.3) is 0 Å². The largest absolute Gasteiger partial charge is 0.481 e. The summed E-state index contributed by atoms with van der Waals surface area (Å²) in [6, 6.07) is 0. The molecule has 0 bridgehead atoms. The van der Waals surface area contributed by atoms with Crippen molar-refractivity contribution in [3.8, 4) is 0 Å². The molecule has 0 radical (unpaired) electrons. The molecular formula is C11H16N2O5. The van der Waals surface area contributed by atoms with Crippen LogP contribution < -0.4 is 11.5 Å². The van der Waals surface area contributed by atoms with E-state index < -0.39 is 23.3 Å². The van der Waals surface area contributed by atoms with Gasteiger partial charge in [-0.25, -0.2) is 4.79 Å². The average Bonchev–Trinajstić information content (AvgIpc) is 2.25. The summed E-state index contributed by atoms with van der Waals surface area (Å²) in [7, 11) is 0. The van der Waals surface area contributed by atoms with E-state index in [-0.39, 0.29) is 30.0 Å². The van der Waals surface area contributed by atoms with Crippen LogP contribution in [0.2, 0.25) is 0 Å². The Morgan fingerprint density at radius 2 is 1.94 bits per heavy atom. The summed E-state index contributed by atoms with van der Waals surface area (Å²) in [5, 5.41) is 27.4. The van der Waals surface area contributed by atoms with Gasteiger partial charge in [-0.2, -0.15) is 0 Å². The SMILES string of the molecule is CC1(C(=O)O)C=C(N)C(N)=C(C(=O)O)C1CCO. The van der Waals surface area contributed by atoms with Crippen molar-refractivity contribution in [3.05, 3.63) is 23.0 Å². The van der Waals surface area contributed by atoms with Crippen molar-refractivity contribution in [1.82, 2.24) is 0 Å². The molecule has 0 aromatic rings. The highest BCUT2D eigenvalue weighted by atomic mass is 16.4. The first-order chi connectivity index (χ1) is 8.25. The molecule has 1 aliphatic carbocycles. The molecule has 1 rings (SSSR count). The Hall–Kier alpha value is -2.02. The van der Waals surface area contributed by atoms with Gasteiger partial charge >= 0.3 is 11.9 Å². The Morgan fingerprint density at radius 3 is 2.33 bits per heavy atom. The van der Waals surface area contributed by atoms with Crippen molar-refractivity contribution in [2.75, 3.05) is 6.61 Å². The first-order valence-corrected chi connectivity index (χ1v) is 5.31. The molecule has 0 saturated carbocycles. The minimum Gasteiger partial charge on any atom is -0.481 e. The lowest BCUT2D eigenvalue weighted by molar-refractivity contribution is -0.148. The Kier molecular flexibility index (Phi) is 3.66. The highest BCUT2D eigenvalue weighted by molar-refractivity contribution is 5.92. The topological polar surface area (TPSA) is 147 Å². The van der Waals surface area contributed by atoms with Crippen LogP contribution in [0.4, 0.5) is 0 Å². The van der Waals surface area contributed by atoms with Gasteiger partial charge in [-0.1, -0.05) is 0 Å². The Balaban J connectivity index is 3.44. The fourth-order valence-corrected chi connectivity index (χ4v) is 2.19. The third kappa shape index (κ3) is 2.04. The lowest BCUT2D eigenvalue weighted by Crippen LogP contribution is -2.42. The van der Waals surface area contributed by atoms with Crippen molar-refractivity contribution in [3.63, 3.8) is 0 Å². The van der Waals surface area contributed by atoms with Crippen molar-refractivity contribution in [2.24, 2.45) is 22.8 Å². The van der Waals surface area contributed by atoms with Crippen molar-refractivity contribution < 1.29 is 24.9 Å². The summed E-state index contributed by atoms with van der Waals surface area (Å²) in [5.74, 6) is -3.46. The smallest absolute Gasteiger partial charge is 0.334 e. The Bertz CT molecular complexity index is 454. The van der Waals surface area contributed by atoms with Crippen LogP contribution in [0.5, 0.6) is 0 Å². The van der Waals surface area contributed by atoms with E-state index in [9.17, 15) is 14.7 Å². The van der Waals surface area contributed by atoms with E-state index in [1.165, 1.54) is 13.0 Å². The number of rotatable bonds is 4. The molecule has 7 N–H and O–H groups in total. The van der Waals surface area contributed by atoms with E-state index in [0.717, 1.165) is 0 Å². The number of carboxylic acids is 2. The lowest BCUT2D eigenvalue weighted by Gasteiger charge is -2.36. The van der Waals surface area contributed by atoms with Gasteiger partial charge in [-0.05, 0) is 19.4 Å². The third-order valence-electron chi connectivity index (χ3n) is 3.24. The van der Waals surface area contributed by atoms with E-state index >= 15 is 0 Å². The predicted octanol–water partition coefficient (Wildman–Crippen LogP) is -0.770. The molecule has 0 amide bonds. The fourth-order valence-electron chi connectivity index (χ4n) is 2.19. The highest BCUT2D eigenvalue weighted by Gasteiger charge is 2.47. The summed E-state index contributed by atoms with van der Waals surface area (Å²) in [6.45, 7) is 1.02. The number of hydrogen-bond acceptors (Lipinski definition) is 5. The van der Waals surface area contributed by atoms with Crippen LogP contribution in [0.15, 0.2) is 23.0 Å². The number of aliphatic carboxylic acids is 2. The van der Waals surface area contributed by atoms with Crippen LogP contribution >= 0.6 is 0 Å². The van der Waals surface area contributed by atoms with Crippen molar-refractivity contribution >= 4 is 11.9 Å². The van der Waals surface area contributed by atoms with Gasteiger partial charge in [0.05, 0.1) is 22.4 Å². The third-order valence-corrected chi connectivity index (χ3v) is 3.24. The van der Waals surface area contributed by atoms with Crippen LogP contribution in [0.25, 0.3) is 0 Å². The molecule has 1 aliphatic rings. The summed E-state index contributed by atoms with van der Waals surface area (Å²) in [4.78, 5) is 22.6. The fraction of sp³-hybridized carbons (Fsp3) is 0.455. The first kappa shape index (κ1) is 14.0. The maximum absolute atomic E-state index is 11.3. The number of aliphatic hydroxyl groups is 1. The van der Waals surface area contributed by atoms with Crippen LogP contribution in [0, 0.1) is 11.3 Å². The van der Waals surface area contributed by atoms with Crippen molar-refractivity contribution in [2.45, 2.75) is 13.3 Å². The van der Waals surface area contributed by atoms with Crippen molar-refractivity contribution in [1.29, 1.82) is 0 Å². The zero-order valence-corrected chi connectivity index (χ0v) is 9.88. The lowest BCUT2D eigenvalue weighted by atomic mass is 9.67. The monoisotopic (exact) mass is 256 g/mol. The molecule has 2 atom stereocenters. The van der Waals surface area contributed by atoms with Crippen LogP contribution in [0.1, 0.15) is 13.3 Å². The van der Waals surface area contributed by atoms with E-state index in [4.69, 9.17) is 21.7 Å². The molecule has 0 fully saturated rings. The van der Waals surface area contributed by atoms with Crippen LogP contribution in [-0.4, -0.2) is 33.9 Å².